The first kappa shape index (κ1) is 15.3. The van der Waals surface area contributed by atoms with Crippen molar-refractivity contribution in [1.82, 2.24) is 4.90 Å². The zero-order valence-corrected chi connectivity index (χ0v) is 12.0. The minimum atomic E-state index is -0.794. The van der Waals surface area contributed by atoms with Gasteiger partial charge in [0.2, 0.25) is 0 Å². The van der Waals surface area contributed by atoms with Crippen molar-refractivity contribution < 1.29 is 24.2 Å². The highest BCUT2D eigenvalue weighted by atomic mass is 16.6. The third-order valence-corrected chi connectivity index (χ3v) is 4.16. The summed E-state index contributed by atoms with van der Waals surface area (Å²) in [7, 11) is 0. The topological polar surface area (TPSA) is 76.1 Å². The van der Waals surface area contributed by atoms with Crippen molar-refractivity contribution in [2.45, 2.75) is 38.7 Å². The van der Waals surface area contributed by atoms with Gasteiger partial charge < -0.3 is 19.5 Å². The third-order valence-electron chi connectivity index (χ3n) is 4.16. The monoisotopic (exact) mass is 285 g/mol. The Morgan fingerprint density at radius 1 is 1.40 bits per heavy atom. The van der Waals surface area contributed by atoms with Crippen molar-refractivity contribution in [3.63, 3.8) is 0 Å². The SMILES string of the molecule is CCCC1(C(=O)O)CCCN(C(=O)C2COCCO2)C1. The molecule has 2 aliphatic heterocycles. The highest BCUT2D eigenvalue weighted by Crippen LogP contribution is 2.35. The number of rotatable bonds is 4. The average molecular weight is 285 g/mol. The molecule has 0 bridgehead atoms. The van der Waals surface area contributed by atoms with Crippen LogP contribution in [-0.4, -0.2) is 60.9 Å². The fourth-order valence-corrected chi connectivity index (χ4v) is 3.12. The Balaban J connectivity index is 2.04. The Morgan fingerprint density at radius 3 is 2.80 bits per heavy atom. The van der Waals surface area contributed by atoms with Gasteiger partial charge in [-0.1, -0.05) is 13.3 Å². The summed E-state index contributed by atoms with van der Waals surface area (Å²) in [6.45, 7) is 4.07. The van der Waals surface area contributed by atoms with Gasteiger partial charge in [-0.15, -0.1) is 0 Å². The van der Waals surface area contributed by atoms with Gasteiger partial charge in [0.25, 0.3) is 5.91 Å². The van der Waals surface area contributed by atoms with Gasteiger partial charge in [0, 0.05) is 13.1 Å². The van der Waals surface area contributed by atoms with Gasteiger partial charge in [-0.25, -0.2) is 0 Å². The van der Waals surface area contributed by atoms with Crippen LogP contribution in [0.4, 0.5) is 0 Å². The standard InChI is InChI=1S/C14H23NO5/c1-2-4-14(13(17)18)5-3-6-15(10-14)12(16)11-9-19-7-8-20-11/h11H,2-10H2,1H3,(H,17,18). The van der Waals surface area contributed by atoms with E-state index in [1.165, 1.54) is 0 Å². The second-order valence-electron chi connectivity index (χ2n) is 5.63. The molecule has 0 aromatic carbocycles. The van der Waals surface area contributed by atoms with E-state index in [9.17, 15) is 14.7 Å². The van der Waals surface area contributed by atoms with E-state index in [0.717, 1.165) is 12.8 Å². The molecule has 0 saturated carbocycles. The number of likely N-dealkylation sites (tertiary alicyclic amines) is 1. The van der Waals surface area contributed by atoms with E-state index >= 15 is 0 Å². The average Bonchev–Trinajstić information content (AvgIpc) is 2.48. The van der Waals surface area contributed by atoms with E-state index in [1.807, 2.05) is 6.92 Å². The summed E-state index contributed by atoms with van der Waals surface area (Å²) in [4.78, 5) is 25.7. The molecule has 6 nitrogen and oxygen atoms in total. The molecule has 2 aliphatic rings. The summed E-state index contributed by atoms with van der Waals surface area (Å²) < 4.78 is 10.7. The quantitative estimate of drug-likeness (QED) is 0.830. The molecule has 0 aromatic rings. The first-order chi connectivity index (χ1) is 9.59. The lowest BCUT2D eigenvalue weighted by Gasteiger charge is -2.41. The Labute approximate surface area is 119 Å². The number of carbonyl (C=O) groups excluding carboxylic acids is 1. The van der Waals surface area contributed by atoms with Crippen molar-refractivity contribution in [3.05, 3.63) is 0 Å². The van der Waals surface area contributed by atoms with Crippen LogP contribution in [0, 0.1) is 5.41 Å². The summed E-state index contributed by atoms with van der Waals surface area (Å²) in [5.41, 5.74) is -0.793. The molecule has 2 fully saturated rings. The van der Waals surface area contributed by atoms with E-state index in [0.29, 0.717) is 32.6 Å². The predicted octanol–water partition coefficient (Wildman–Crippen LogP) is 0.895. The molecule has 0 spiro atoms. The maximum atomic E-state index is 12.4. The molecule has 2 saturated heterocycles. The van der Waals surface area contributed by atoms with E-state index in [-0.39, 0.29) is 19.1 Å². The molecular weight excluding hydrogens is 262 g/mol. The van der Waals surface area contributed by atoms with Crippen LogP contribution in [0.15, 0.2) is 0 Å². The van der Waals surface area contributed by atoms with Gasteiger partial charge in [-0.2, -0.15) is 0 Å². The highest BCUT2D eigenvalue weighted by Gasteiger charge is 2.44. The molecular formula is C14H23NO5. The van der Waals surface area contributed by atoms with Crippen molar-refractivity contribution in [3.8, 4) is 0 Å². The number of aliphatic carboxylic acids is 1. The predicted molar refractivity (Wildman–Crippen MR) is 71.3 cm³/mol. The number of carboxylic acid groups (broad SMARTS) is 1. The molecule has 2 heterocycles. The lowest BCUT2D eigenvalue weighted by molar-refractivity contribution is -0.166. The summed E-state index contributed by atoms with van der Waals surface area (Å²) in [6, 6.07) is 0. The number of nitrogens with zero attached hydrogens (tertiary/aromatic N) is 1. The second-order valence-corrected chi connectivity index (χ2v) is 5.63. The number of ether oxygens (including phenoxy) is 2. The minimum Gasteiger partial charge on any atom is -0.481 e. The maximum absolute atomic E-state index is 12.4. The molecule has 0 aromatic heterocycles. The van der Waals surface area contributed by atoms with Crippen LogP contribution in [0.25, 0.3) is 0 Å². The molecule has 1 amide bonds. The molecule has 2 atom stereocenters. The maximum Gasteiger partial charge on any atom is 0.311 e. The number of amides is 1. The molecule has 0 radical (unpaired) electrons. The van der Waals surface area contributed by atoms with Gasteiger partial charge >= 0.3 is 5.97 Å². The summed E-state index contributed by atoms with van der Waals surface area (Å²) in [5, 5.41) is 9.54. The fourth-order valence-electron chi connectivity index (χ4n) is 3.12. The van der Waals surface area contributed by atoms with Gasteiger partial charge in [0.1, 0.15) is 0 Å². The van der Waals surface area contributed by atoms with Crippen LogP contribution >= 0.6 is 0 Å². The molecule has 6 heteroatoms. The van der Waals surface area contributed by atoms with Crippen LogP contribution in [0.5, 0.6) is 0 Å². The molecule has 114 valence electrons. The first-order valence-corrected chi connectivity index (χ1v) is 7.30. The Bertz CT molecular complexity index is 363. The molecule has 0 aliphatic carbocycles. The Hall–Kier alpha value is -1.14. The number of carboxylic acids is 1. The fraction of sp³-hybridized carbons (Fsp3) is 0.857. The molecule has 2 unspecified atom stereocenters. The molecule has 1 N–H and O–H groups in total. The number of hydrogen-bond donors (Lipinski definition) is 1. The summed E-state index contributed by atoms with van der Waals surface area (Å²) >= 11 is 0. The Kier molecular flexibility index (Phi) is 4.99. The van der Waals surface area contributed by atoms with E-state index < -0.39 is 17.5 Å². The largest absolute Gasteiger partial charge is 0.481 e. The molecule has 2 rings (SSSR count). The van der Waals surface area contributed by atoms with Crippen molar-refractivity contribution in [2.24, 2.45) is 5.41 Å². The zero-order chi connectivity index (χ0) is 14.6. The van der Waals surface area contributed by atoms with Crippen LogP contribution in [0.1, 0.15) is 32.6 Å². The normalized spacial score (nSPS) is 31.1. The lowest BCUT2D eigenvalue weighted by Crippen LogP contribution is -2.54. The van der Waals surface area contributed by atoms with Crippen molar-refractivity contribution in [2.75, 3.05) is 32.9 Å². The van der Waals surface area contributed by atoms with Gasteiger partial charge in [0.15, 0.2) is 6.10 Å². The lowest BCUT2D eigenvalue weighted by atomic mass is 9.76. The van der Waals surface area contributed by atoms with Crippen LogP contribution in [0.3, 0.4) is 0 Å². The van der Waals surface area contributed by atoms with Crippen LogP contribution in [0.2, 0.25) is 0 Å². The summed E-state index contributed by atoms with van der Waals surface area (Å²) in [6.07, 6.45) is 2.20. The third kappa shape index (κ3) is 3.12. The van der Waals surface area contributed by atoms with Crippen LogP contribution < -0.4 is 0 Å². The Morgan fingerprint density at radius 2 is 2.20 bits per heavy atom. The summed E-state index contributed by atoms with van der Waals surface area (Å²) in [5.74, 6) is -0.927. The molecule has 20 heavy (non-hydrogen) atoms. The van der Waals surface area contributed by atoms with E-state index in [1.54, 1.807) is 4.90 Å². The highest BCUT2D eigenvalue weighted by molar-refractivity contribution is 5.83. The van der Waals surface area contributed by atoms with Crippen LogP contribution in [-0.2, 0) is 19.1 Å². The minimum absolute atomic E-state index is 0.133. The van der Waals surface area contributed by atoms with Crippen molar-refractivity contribution in [1.29, 1.82) is 0 Å². The first-order valence-electron chi connectivity index (χ1n) is 7.30. The number of piperidine rings is 1. The smallest absolute Gasteiger partial charge is 0.311 e. The van der Waals surface area contributed by atoms with E-state index in [2.05, 4.69) is 0 Å². The van der Waals surface area contributed by atoms with Gasteiger partial charge in [-0.3, -0.25) is 9.59 Å². The number of carbonyl (C=O) groups is 2. The van der Waals surface area contributed by atoms with E-state index in [4.69, 9.17) is 9.47 Å². The van der Waals surface area contributed by atoms with Gasteiger partial charge in [0.05, 0.1) is 25.2 Å². The second kappa shape index (κ2) is 6.54. The number of hydrogen-bond acceptors (Lipinski definition) is 4. The van der Waals surface area contributed by atoms with Gasteiger partial charge in [-0.05, 0) is 19.3 Å². The van der Waals surface area contributed by atoms with Crippen molar-refractivity contribution >= 4 is 11.9 Å². The zero-order valence-electron chi connectivity index (χ0n) is 12.0.